The van der Waals surface area contributed by atoms with Crippen LogP contribution in [0.25, 0.3) is 0 Å². The number of aromatic amines is 1. The second kappa shape index (κ2) is 5.19. The van der Waals surface area contributed by atoms with Crippen LogP contribution in [-0.4, -0.2) is 22.3 Å². The van der Waals surface area contributed by atoms with Gasteiger partial charge in [-0.15, -0.1) is 11.3 Å². The van der Waals surface area contributed by atoms with Crippen LogP contribution < -0.4 is 5.73 Å². The number of thiophene rings is 1. The maximum absolute atomic E-state index is 12.5. The first-order valence-corrected chi connectivity index (χ1v) is 7.38. The van der Waals surface area contributed by atoms with Gasteiger partial charge in [-0.2, -0.15) is 0 Å². The summed E-state index contributed by atoms with van der Waals surface area (Å²) in [6.45, 7) is 0.793. The fraction of sp³-hybridized carbons (Fsp3) is 0.357. The van der Waals surface area contributed by atoms with Gasteiger partial charge < -0.3 is 15.6 Å². The molecule has 3 N–H and O–H groups in total. The Balaban J connectivity index is 1.79. The molecule has 0 radical (unpaired) electrons. The fourth-order valence-corrected chi connectivity index (χ4v) is 3.39. The van der Waals surface area contributed by atoms with Crippen LogP contribution in [0.15, 0.2) is 35.8 Å². The van der Waals surface area contributed by atoms with Crippen molar-refractivity contribution in [2.24, 2.45) is 5.73 Å². The maximum Gasteiger partial charge on any atom is 0.245 e. The van der Waals surface area contributed by atoms with Crippen LogP contribution in [0.3, 0.4) is 0 Å². The van der Waals surface area contributed by atoms with Crippen LogP contribution in [0.4, 0.5) is 0 Å². The van der Waals surface area contributed by atoms with E-state index in [2.05, 4.69) is 4.98 Å². The van der Waals surface area contributed by atoms with Crippen LogP contribution in [0.1, 0.15) is 35.5 Å². The van der Waals surface area contributed by atoms with Crippen LogP contribution >= 0.6 is 11.3 Å². The summed E-state index contributed by atoms with van der Waals surface area (Å²) in [4.78, 5) is 18.6. The van der Waals surface area contributed by atoms with Gasteiger partial charge in [0.2, 0.25) is 5.91 Å². The minimum Gasteiger partial charge on any atom is -0.363 e. The summed E-state index contributed by atoms with van der Waals surface area (Å²) >= 11 is 1.54. The van der Waals surface area contributed by atoms with Crippen molar-refractivity contribution < 1.29 is 4.79 Å². The molecule has 3 heterocycles. The largest absolute Gasteiger partial charge is 0.363 e. The molecule has 4 nitrogen and oxygen atoms in total. The highest BCUT2D eigenvalue weighted by molar-refractivity contribution is 7.10. The highest BCUT2D eigenvalue weighted by Crippen LogP contribution is 2.33. The van der Waals surface area contributed by atoms with Gasteiger partial charge in [0, 0.05) is 23.3 Å². The molecule has 5 heteroatoms. The van der Waals surface area contributed by atoms with Crippen molar-refractivity contribution in [3.05, 3.63) is 46.4 Å². The van der Waals surface area contributed by atoms with Crippen LogP contribution in [-0.2, 0) is 4.79 Å². The Hall–Kier alpha value is -1.59. The molecule has 1 fully saturated rings. The number of carbonyl (C=O) groups is 1. The summed E-state index contributed by atoms with van der Waals surface area (Å²) in [6.07, 6.45) is 3.94. The van der Waals surface area contributed by atoms with E-state index in [9.17, 15) is 4.79 Å². The van der Waals surface area contributed by atoms with Gasteiger partial charge in [-0.3, -0.25) is 4.79 Å². The highest BCUT2D eigenvalue weighted by atomic mass is 32.1. The van der Waals surface area contributed by atoms with Gasteiger partial charge in [0.15, 0.2) is 0 Å². The molecule has 3 rings (SSSR count). The van der Waals surface area contributed by atoms with Crippen molar-refractivity contribution in [2.75, 3.05) is 6.54 Å². The summed E-state index contributed by atoms with van der Waals surface area (Å²) in [5.74, 6) is 0.0274. The normalized spacial score (nSPS) is 20.7. The Labute approximate surface area is 116 Å². The lowest BCUT2D eigenvalue weighted by Crippen LogP contribution is -2.37. The molecule has 2 aromatic heterocycles. The number of hydrogen-bond acceptors (Lipinski definition) is 3. The van der Waals surface area contributed by atoms with E-state index in [1.165, 1.54) is 11.3 Å². The van der Waals surface area contributed by atoms with E-state index < -0.39 is 6.04 Å². The molecular weight excluding hydrogens is 258 g/mol. The smallest absolute Gasteiger partial charge is 0.245 e. The zero-order valence-corrected chi connectivity index (χ0v) is 11.4. The third-order valence-electron chi connectivity index (χ3n) is 3.63. The zero-order chi connectivity index (χ0) is 13.2. The van der Waals surface area contributed by atoms with E-state index in [1.807, 2.05) is 40.7 Å². The van der Waals surface area contributed by atoms with Crippen LogP contribution in [0, 0.1) is 0 Å². The molecule has 0 aliphatic carbocycles. The van der Waals surface area contributed by atoms with Gasteiger partial charge in [0.1, 0.15) is 6.04 Å². The molecule has 19 heavy (non-hydrogen) atoms. The first-order valence-electron chi connectivity index (χ1n) is 6.50. The Morgan fingerprint density at radius 2 is 2.37 bits per heavy atom. The van der Waals surface area contributed by atoms with Gasteiger partial charge in [0.25, 0.3) is 0 Å². The lowest BCUT2D eigenvalue weighted by Gasteiger charge is -2.26. The molecule has 2 aromatic rings. The van der Waals surface area contributed by atoms with E-state index in [-0.39, 0.29) is 11.9 Å². The highest BCUT2D eigenvalue weighted by Gasteiger charge is 2.33. The van der Waals surface area contributed by atoms with Crippen molar-refractivity contribution in [1.29, 1.82) is 0 Å². The number of aromatic nitrogens is 1. The summed E-state index contributed by atoms with van der Waals surface area (Å²) < 4.78 is 0. The Kier molecular flexibility index (Phi) is 3.40. The number of amides is 1. The van der Waals surface area contributed by atoms with Crippen LogP contribution in [0.2, 0.25) is 0 Å². The number of likely N-dealkylation sites (tertiary alicyclic amines) is 1. The molecule has 0 saturated carbocycles. The van der Waals surface area contributed by atoms with E-state index in [1.54, 1.807) is 0 Å². The molecule has 0 spiro atoms. The molecule has 0 aromatic carbocycles. The lowest BCUT2D eigenvalue weighted by atomic mass is 10.1. The first kappa shape index (κ1) is 12.4. The molecule has 100 valence electrons. The quantitative estimate of drug-likeness (QED) is 0.903. The number of nitrogens with one attached hydrogen (secondary N) is 1. The standard InChI is InChI=1S/C14H17N3OS/c15-13(12-6-3-9-19-12)14(18)17-8-2-5-11(17)10-4-1-7-16-10/h1,3-4,6-7,9,11,13,16H,2,5,8,15H2. The summed E-state index contributed by atoms with van der Waals surface area (Å²) in [7, 11) is 0. The lowest BCUT2D eigenvalue weighted by molar-refractivity contribution is -0.133. The molecule has 0 bridgehead atoms. The van der Waals surface area contributed by atoms with Crippen molar-refractivity contribution >= 4 is 17.2 Å². The van der Waals surface area contributed by atoms with Crippen molar-refractivity contribution in [3.8, 4) is 0 Å². The van der Waals surface area contributed by atoms with Gasteiger partial charge in [0.05, 0.1) is 6.04 Å². The average Bonchev–Trinajstić information content (AvgIpc) is 3.15. The third-order valence-corrected chi connectivity index (χ3v) is 4.59. The van der Waals surface area contributed by atoms with Gasteiger partial charge in [-0.05, 0) is 36.4 Å². The zero-order valence-electron chi connectivity index (χ0n) is 10.6. The summed E-state index contributed by atoms with van der Waals surface area (Å²) in [5.41, 5.74) is 7.19. The molecule has 1 saturated heterocycles. The van der Waals surface area contributed by atoms with E-state index >= 15 is 0 Å². The third kappa shape index (κ3) is 2.31. The van der Waals surface area contributed by atoms with Gasteiger partial charge in [-0.25, -0.2) is 0 Å². The molecular formula is C14H17N3OS. The average molecular weight is 275 g/mol. The van der Waals surface area contributed by atoms with E-state index in [0.717, 1.165) is 30.0 Å². The summed E-state index contributed by atoms with van der Waals surface area (Å²) in [5, 5.41) is 1.95. The molecule has 1 aliphatic rings. The molecule has 1 amide bonds. The number of H-pyrrole nitrogens is 1. The molecule has 1 aliphatic heterocycles. The topological polar surface area (TPSA) is 62.1 Å². The minimum atomic E-state index is -0.532. The van der Waals surface area contributed by atoms with Crippen molar-refractivity contribution in [3.63, 3.8) is 0 Å². The number of hydrogen-bond donors (Lipinski definition) is 2. The van der Waals surface area contributed by atoms with Crippen molar-refractivity contribution in [1.82, 2.24) is 9.88 Å². The predicted octanol–water partition coefficient (Wildman–Crippen LogP) is 2.44. The van der Waals surface area contributed by atoms with E-state index in [4.69, 9.17) is 5.73 Å². The Morgan fingerprint density at radius 1 is 1.47 bits per heavy atom. The second-order valence-corrected chi connectivity index (χ2v) is 5.79. The maximum atomic E-state index is 12.5. The first-order chi connectivity index (χ1) is 9.27. The fourth-order valence-electron chi connectivity index (χ4n) is 2.67. The minimum absolute atomic E-state index is 0.0274. The van der Waals surface area contributed by atoms with Crippen molar-refractivity contribution in [2.45, 2.75) is 24.9 Å². The predicted molar refractivity (Wildman–Crippen MR) is 75.7 cm³/mol. The molecule has 2 unspecified atom stereocenters. The second-order valence-electron chi connectivity index (χ2n) is 4.81. The Morgan fingerprint density at radius 3 is 3.05 bits per heavy atom. The monoisotopic (exact) mass is 275 g/mol. The van der Waals surface area contributed by atoms with E-state index in [0.29, 0.717) is 0 Å². The summed E-state index contributed by atoms with van der Waals surface area (Å²) in [6, 6.07) is 7.47. The number of nitrogens with zero attached hydrogens (tertiary/aromatic N) is 1. The van der Waals surface area contributed by atoms with Gasteiger partial charge >= 0.3 is 0 Å². The number of nitrogens with two attached hydrogens (primary N) is 1. The number of rotatable bonds is 3. The SMILES string of the molecule is NC(C(=O)N1CCCC1c1ccc[nH]1)c1cccs1. The Bertz CT molecular complexity index is 535. The number of carbonyl (C=O) groups excluding carboxylic acids is 1. The van der Waals surface area contributed by atoms with Gasteiger partial charge in [-0.1, -0.05) is 6.07 Å². The van der Waals surface area contributed by atoms with Crippen LogP contribution in [0.5, 0.6) is 0 Å². The molecule has 2 atom stereocenters.